The highest BCUT2D eigenvalue weighted by molar-refractivity contribution is 6.04. The van der Waals surface area contributed by atoms with Crippen LogP contribution in [0.4, 0.5) is 5.69 Å². The number of methoxy groups -OCH3 is 2. The first-order valence-corrected chi connectivity index (χ1v) is 11.8. The third-order valence-corrected chi connectivity index (χ3v) is 6.48. The van der Waals surface area contributed by atoms with Crippen molar-refractivity contribution in [3.8, 4) is 23.0 Å². The minimum atomic E-state index is 0.0260. The number of carbonyl (C=O) groups is 1. The van der Waals surface area contributed by atoms with Gasteiger partial charge in [0.2, 0.25) is 5.91 Å². The van der Waals surface area contributed by atoms with Gasteiger partial charge in [-0.05, 0) is 48.9 Å². The van der Waals surface area contributed by atoms with E-state index in [2.05, 4.69) is 11.8 Å². The Morgan fingerprint density at radius 2 is 1.86 bits per heavy atom. The third-order valence-electron chi connectivity index (χ3n) is 6.48. The molecule has 1 amide bonds. The second kappa shape index (κ2) is 9.70. The zero-order chi connectivity index (χ0) is 24.4. The van der Waals surface area contributed by atoms with E-state index in [1.165, 1.54) is 0 Å². The molecular weight excluding hydrogens is 442 g/mol. The molecule has 0 radical (unpaired) electrons. The van der Waals surface area contributed by atoms with Gasteiger partial charge in [-0.25, -0.2) is 4.99 Å². The monoisotopic (exact) mass is 471 g/mol. The molecule has 0 spiro atoms. The van der Waals surface area contributed by atoms with Crippen molar-refractivity contribution in [1.29, 1.82) is 0 Å². The predicted molar refractivity (Wildman–Crippen MR) is 135 cm³/mol. The Labute approximate surface area is 205 Å². The smallest absolute Gasteiger partial charge is 0.227 e. The summed E-state index contributed by atoms with van der Waals surface area (Å²) in [5, 5.41) is 0. The molecule has 0 saturated carbocycles. The number of para-hydroxylation sites is 3. The van der Waals surface area contributed by atoms with E-state index in [1.807, 2.05) is 71.6 Å². The van der Waals surface area contributed by atoms with Crippen LogP contribution < -0.4 is 14.2 Å². The number of nitrogens with zero attached hydrogens (tertiary/aromatic N) is 3. The molecule has 2 aliphatic heterocycles. The fourth-order valence-electron chi connectivity index (χ4n) is 4.70. The molecule has 3 aromatic rings. The van der Waals surface area contributed by atoms with Crippen molar-refractivity contribution in [2.75, 3.05) is 33.9 Å². The zero-order valence-electron chi connectivity index (χ0n) is 20.2. The number of piperazine rings is 1. The molecule has 0 aromatic heterocycles. The maximum Gasteiger partial charge on any atom is 0.227 e. The Morgan fingerprint density at radius 3 is 2.66 bits per heavy atom. The molecule has 2 heterocycles. The molecule has 2 aliphatic rings. The van der Waals surface area contributed by atoms with E-state index >= 15 is 0 Å². The first-order valence-electron chi connectivity index (χ1n) is 11.8. The Bertz CT molecular complexity index is 1270. The molecule has 7 nitrogen and oxygen atoms in total. The van der Waals surface area contributed by atoms with Gasteiger partial charge in [-0.3, -0.25) is 4.79 Å². The minimum Gasteiger partial charge on any atom is -0.497 e. The van der Waals surface area contributed by atoms with E-state index in [0.717, 1.165) is 28.4 Å². The molecule has 1 unspecified atom stereocenters. The Balaban J connectivity index is 1.39. The minimum absolute atomic E-state index is 0.0260. The number of amides is 1. The van der Waals surface area contributed by atoms with Crippen molar-refractivity contribution < 1.29 is 19.0 Å². The molecule has 3 aromatic carbocycles. The highest BCUT2D eigenvalue weighted by Crippen LogP contribution is 2.42. The van der Waals surface area contributed by atoms with Crippen molar-refractivity contribution in [1.82, 2.24) is 9.80 Å². The maximum atomic E-state index is 13.2. The molecular formula is C28H29N3O4. The number of hydrogen-bond donors (Lipinski definition) is 0. The van der Waals surface area contributed by atoms with Crippen molar-refractivity contribution in [3.63, 3.8) is 0 Å². The molecule has 1 fully saturated rings. The van der Waals surface area contributed by atoms with Gasteiger partial charge in [0.1, 0.15) is 17.3 Å². The lowest BCUT2D eigenvalue weighted by Crippen LogP contribution is -2.55. The molecule has 5 rings (SSSR count). The molecule has 7 heteroatoms. The summed E-state index contributed by atoms with van der Waals surface area (Å²) in [6.07, 6.45) is 0.351. The molecule has 1 saturated heterocycles. The molecule has 0 aliphatic carbocycles. The highest BCUT2D eigenvalue weighted by Gasteiger charge is 2.32. The van der Waals surface area contributed by atoms with Crippen molar-refractivity contribution in [2.45, 2.75) is 19.4 Å². The van der Waals surface area contributed by atoms with E-state index in [4.69, 9.17) is 19.2 Å². The van der Waals surface area contributed by atoms with Crippen LogP contribution in [0.15, 0.2) is 71.7 Å². The first-order chi connectivity index (χ1) is 17.1. The first kappa shape index (κ1) is 22.8. The summed E-state index contributed by atoms with van der Waals surface area (Å²) >= 11 is 0. The lowest BCUT2D eigenvalue weighted by Gasteiger charge is -2.41. The van der Waals surface area contributed by atoms with Crippen LogP contribution in [-0.2, 0) is 11.2 Å². The fourth-order valence-corrected chi connectivity index (χ4v) is 4.70. The quantitative estimate of drug-likeness (QED) is 0.554. The normalized spacial score (nSPS) is 16.9. The molecule has 35 heavy (non-hydrogen) atoms. The van der Waals surface area contributed by atoms with Crippen LogP contribution in [-0.4, -0.2) is 61.4 Å². The SMILES string of the molecule is COc1cccc(CC(=O)N2CCN(C3=Nc4ccccc4Oc4c(OC)cccc43)CC2C)c1. The predicted octanol–water partition coefficient (Wildman–Crippen LogP) is 4.66. The number of carbonyl (C=O) groups excluding carboxylic acids is 1. The summed E-state index contributed by atoms with van der Waals surface area (Å²) < 4.78 is 17.2. The van der Waals surface area contributed by atoms with Gasteiger partial charge in [0.15, 0.2) is 17.2 Å². The lowest BCUT2D eigenvalue weighted by atomic mass is 10.1. The Morgan fingerprint density at radius 1 is 1.03 bits per heavy atom. The van der Waals surface area contributed by atoms with Gasteiger partial charge in [-0.15, -0.1) is 0 Å². The van der Waals surface area contributed by atoms with Crippen LogP contribution in [0.3, 0.4) is 0 Å². The van der Waals surface area contributed by atoms with Gasteiger partial charge < -0.3 is 24.0 Å². The standard InChI is InChI=1S/C28H29N3O4/c1-19-18-30(14-15-31(19)26(32)17-20-8-6-9-21(16-20)33-2)28-22-10-7-13-25(34-3)27(22)35-24-12-5-4-11-23(24)29-28/h4-13,16,19H,14-15,17-18H2,1-3H3. The van der Waals surface area contributed by atoms with Gasteiger partial charge >= 0.3 is 0 Å². The van der Waals surface area contributed by atoms with Crippen LogP contribution in [0.2, 0.25) is 0 Å². The highest BCUT2D eigenvalue weighted by atomic mass is 16.5. The van der Waals surface area contributed by atoms with Crippen LogP contribution >= 0.6 is 0 Å². The Hall–Kier alpha value is -4.00. The molecule has 0 N–H and O–H groups in total. The van der Waals surface area contributed by atoms with Gasteiger partial charge in [0.05, 0.1) is 26.2 Å². The third kappa shape index (κ3) is 4.54. The number of aliphatic imine (C=N–C) groups is 1. The number of fused-ring (bicyclic) bond motifs is 2. The van der Waals surface area contributed by atoms with Crippen LogP contribution in [0.25, 0.3) is 0 Å². The van der Waals surface area contributed by atoms with E-state index in [-0.39, 0.29) is 11.9 Å². The van der Waals surface area contributed by atoms with Crippen LogP contribution in [0.1, 0.15) is 18.1 Å². The lowest BCUT2D eigenvalue weighted by molar-refractivity contribution is -0.134. The number of rotatable bonds is 4. The van der Waals surface area contributed by atoms with Crippen LogP contribution in [0.5, 0.6) is 23.0 Å². The van der Waals surface area contributed by atoms with Gasteiger partial charge in [-0.1, -0.05) is 30.3 Å². The van der Waals surface area contributed by atoms with Crippen LogP contribution in [0, 0.1) is 0 Å². The summed E-state index contributed by atoms with van der Waals surface area (Å²) in [7, 11) is 3.27. The Kier molecular flexibility index (Phi) is 6.31. The summed E-state index contributed by atoms with van der Waals surface area (Å²) in [4.78, 5) is 22.4. The van der Waals surface area contributed by atoms with Gasteiger partial charge in [0.25, 0.3) is 0 Å². The molecule has 1 atom stereocenters. The van der Waals surface area contributed by atoms with Crippen molar-refractivity contribution >= 4 is 17.4 Å². The summed E-state index contributed by atoms with van der Waals surface area (Å²) in [6, 6.07) is 21.3. The topological polar surface area (TPSA) is 63.6 Å². The largest absolute Gasteiger partial charge is 0.497 e. The van der Waals surface area contributed by atoms with Crippen molar-refractivity contribution in [3.05, 3.63) is 77.9 Å². The number of ether oxygens (including phenoxy) is 3. The van der Waals surface area contributed by atoms with Gasteiger partial charge in [-0.2, -0.15) is 0 Å². The zero-order valence-corrected chi connectivity index (χ0v) is 20.2. The summed E-state index contributed by atoms with van der Waals surface area (Å²) in [5.41, 5.74) is 2.60. The van der Waals surface area contributed by atoms with Gasteiger partial charge in [0, 0.05) is 25.7 Å². The van der Waals surface area contributed by atoms with E-state index in [1.54, 1.807) is 14.2 Å². The number of benzene rings is 3. The maximum absolute atomic E-state index is 13.2. The second-order valence-corrected chi connectivity index (χ2v) is 8.75. The summed E-state index contributed by atoms with van der Waals surface area (Å²) in [5.74, 6) is 3.71. The molecule has 180 valence electrons. The number of hydrogen-bond acceptors (Lipinski definition) is 6. The van der Waals surface area contributed by atoms with E-state index in [0.29, 0.717) is 43.3 Å². The fraction of sp³-hybridized carbons (Fsp3) is 0.286. The number of amidine groups is 1. The van der Waals surface area contributed by atoms with E-state index < -0.39 is 0 Å². The van der Waals surface area contributed by atoms with E-state index in [9.17, 15) is 4.79 Å². The second-order valence-electron chi connectivity index (χ2n) is 8.75. The molecule has 0 bridgehead atoms. The average Bonchev–Trinajstić information content (AvgIpc) is 3.05. The summed E-state index contributed by atoms with van der Waals surface area (Å²) in [6.45, 7) is 4.04. The van der Waals surface area contributed by atoms with Crippen molar-refractivity contribution in [2.24, 2.45) is 4.99 Å². The average molecular weight is 472 g/mol.